The zero-order valence-electron chi connectivity index (χ0n) is 11.1. The van der Waals surface area contributed by atoms with E-state index in [2.05, 4.69) is 16.8 Å². The highest BCUT2D eigenvalue weighted by atomic mass is 16.1. The normalized spacial score (nSPS) is 23.4. The van der Waals surface area contributed by atoms with E-state index in [1.807, 2.05) is 19.9 Å². The molecule has 2 rings (SSSR count). The summed E-state index contributed by atoms with van der Waals surface area (Å²) < 4.78 is 0. The van der Waals surface area contributed by atoms with Crippen LogP contribution in [0, 0.1) is 19.8 Å². The molecular formula is C13H20N4O. The third-order valence-electron chi connectivity index (χ3n) is 3.54. The summed E-state index contributed by atoms with van der Waals surface area (Å²) in [6.45, 7) is 7.45. The van der Waals surface area contributed by atoms with Gasteiger partial charge in [0.15, 0.2) is 0 Å². The number of carbonyl (C=O) groups excluding carboxylic acids is 1. The number of nitrogens with two attached hydrogens (primary N) is 2. The maximum Gasteiger partial charge on any atom is 0.252 e. The Labute approximate surface area is 107 Å². The quantitative estimate of drug-likeness (QED) is 0.801. The average molecular weight is 248 g/mol. The number of rotatable bonds is 2. The highest BCUT2D eigenvalue weighted by molar-refractivity contribution is 5.99. The summed E-state index contributed by atoms with van der Waals surface area (Å²) in [7, 11) is 0. The minimum Gasteiger partial charge on any atom is -0.365 e. The van der Waals surface area contributed by atoms with Crippen molar-refractivity contribution in [3.63, 3.8) is 0 Å². The van der Waals surface area contributed by atoms with Gasteiger partial charge in [-0.2, -0.15) is 0 Å². The Morgan fingerprint density at radius 3 is 2.61 bits per heavy atom. The molecule has 0 bridgehead atoms. The van der Waals surface area contributed by atoms with Crippen LogP contribution in [0.15, 0.2) is 6.07 Å². The van der Waals surface area contributed by atoms with E-state index >= 15 is 0 Å². The van der Waals surface area contributed by atoms with Gasteiger partial charge in [-0.3, -0.25) is 4.79 Å². The van der Waals surface area contributed by atoms with Crippen LogP contribution < -0.4 is 16.4 Å². The summed E-state index contributed by atoms with van der Waals surface area (Å²) in [4.78, 5) is 18.1. The van der Waals surface area contributed by atoms with Gasteiger partial charge in [0.2, 0.25) is 0 Å². The maximum absolute atomic E-state index is 11.6. The first kappa shape index (κ1) is 12.8. The largest absolute Gasteiger partial charge is 0.365 e. The van der Waals surface area contributed by atoms with E-state index in [4.69, 9.17) is 11.5 Å². The Hall–Kier alpha value is -1.62. The lowest BCUT2D eigenvalue weighted by molar-refractivity contribution is 0.1000. The van der Waals surface area contributed by atoms with Gasteiger partial charge < -0.3 is 16.4 Å². The van der Waals surface area contributed by atoms with Gasteiger partial charge in [-0.15, -0.1) is 0 Å². The summed E-state index contributed by atoms with van der Waals surface area (Å²) in [5, 5.41) is 0. The van der Waals surface area contributed by atoms with E-state index in [-0.39, 0.29) is 6.04 Å². The minimum absolute atomic E-state index is 0.119. The molecular weight excluding hydrogens is 228 g/mol. The van der Waals surface area contributed by atoms with Crippen LogP contribution in [-0.4, -0.2) is 30.0 Å². The highest BCUT2D eigenvalue weighted by Crippen LogP contribution is 2.27. The number of aromatic nitrogens is 1. The Bertz CT molecular complexity index is 476. The standard InChI is InChI=1S/C13H20N4O/c1-7-4-9(3)16-13(11(7)12(15)18)17-5-8(2)10(14)6-17/h4,8,10H,5-6,14H2,1-3H3,(H2,15,18). The van der Waals surface area contributed by atoms with Crippen LogP contribution in [0.2, 0.25) is 0 Å². The first-order valence-electron chi connectivity index (χ1n) is 6.18. The summed E-state index contributed by atoms with van der Waals surface area (Å²) in [5.41, 5.74) is 13.8. The molecule has 18 heavy (non-hydrogen) atoms. The monoisotopic (exact) mass is 248 g/mol. The molecule has 0 radical (unpaired) electrons. The van der Waals surface area contributed by atoms with Crippen LogP contribution in [0.4, 0.5) is 5.82 Å². The predicted octanol–water partition coefficient (Wildman–Crippen LogP) is 0.581. The molecule has 0 spiro atoms. The average Bonchev–Trinajstić information content (AvgIpc) is 2.57. The van der Waals surface area contributed by atoms with Gasteiger partial charge in [-0.25, -0.2) is 4.98 Å². The van der Waals surface area contributed by atoms with Crippen molar-refractivity contribution in [3.05, 3.63) is 22.9 Å². The lowest BCUT2D eigenvalue weighted by atomic mass is 10.1. The molecule has 1 amide bonds. The number of nitrogens with zero attached hydrogens (tertiary/aromatic N) is 2. The van der Waals surface area contributed by atoms with E-state index in [1.54, 1.807) is 0 Å². The van der Waals surface area contributed by atoms with Crippen LogP contribution in [0.5, 0.6) is 0 Å². The Balaban J connectivity index is 2.47. The van der Waals surface area contributed by atoms with Crippen LogP contribution in [0.3, 0.4) is 0 Å². The Morgan fingerprint density at radius 2 is 2.11 bits per heavy atom. The number of hydrogen-bond donors (Lipinski definition) is 2. The Morgan fingerprint density at radius 1 is 1.44 bits per heavy atom. The second kappa shape index (κ2) is 4.57. The topological polar surface area (TPSA) is 85.2 Å². The molecule has 5 nitrogen and oxygen atoms in total. The van der Waals surface area contributed by atoms with Crippen LogP contribution >= 0.6 is 0 Å². The molecule has 2 atom stereocenters. The molecule has 4 N–H and O–H groups in total. The number of carbonyl (C=O) groups is 1. The molecule has 1 aliphatic rings. The van der Waals surface area contributed by atoms with Gasteiger partial charge in [-0.05, 0) is 31.4 Å². The van der Waals surface area contributed by atoms with Crippen molar-refractivity contribution in [1.82, 2.24) is 4.98 Å². The van der Waals surface area contributed by atoms with Crippen LogP contribution in [-0.2, 0) is 0 Å². The lowest BCUT2D eigenvalue weighted by Crippen LogP contribution is -2.30. The molecule has 1 fully saturated rings. The van der Waals surface area contributed by atoms with Crippen molar-refractivity contribution < 1.29 is 4.79 Å². The fourth-order valence-electron chi connectivity index (χ4n) is 2.52. The van der Waals surface area contributed by atoms with E-state index in [1.165, 1.54) is 0 Å². The third kappa shape index (κ3) is 2.18. The first-order valence-corrected chi connectivity index (χ1v) is 6.18. The van der Waals surface area contributed by atoms with Gasteiger partial charge >= 0.3 is 0 Å². The zero-order chi connectivity index (χ0) is 13.4. The summed E-state index contributed by atoms with van der Waals surface area (Å²) in [5.74, 6) is 0.649. The van der Waals surface area contributed by atoms with E-state index in [9.17, 15) is 4.79 Å². The molecule has 5 heteroatoms. The van der Waals surface area contributed by atoms with E-state index in [0.717, 1.165) is 24.3 Å². The molecule has 2 heterocycles. The van der Waals surface area contributed by atoms with Gasteiger partial charge in [0.25, 0.3) is 5.91 Å². The fraction of sp³-hybridized carbons (Fsp3) is 0.538. The molecule has 1 aliphatic heterocycles. The molecule has 2 unspecified atom stereocenters. The lowest BCUT2D eigenvalue weighted by Gasteiger charge is -2.21. The fourth-order valence-corrected chi connectivity index (χ4v) is 2.52. The first-order chi connectivity index (χ1) is 8.40. The molecule has 1 saturated heterocycles. The molecule has 1 aromatic rings. The van der Waals surface area contributed by atoms with Gasteiger partial charge in [-0.1, -0.05) is 6.92 Å². The second-order valence-electron chi connectivity index (χ2n) is 5.19. The highest BCUT2D eigenvalue weighted by Gasteiger charge is 2.30. The van der Waals surface area contributed by atoms with Gasteiger partial charge in [0, 0.05) is 24.8 Å². The summed E-state index contributed by atoms with van der Waals surface area (Å²) in [6.07, 6.45) is 0. The smallest absolute Gasteiger partial charge is 0.252 e. The number of anilines is 1. The van der Waals surface area contributed by atoms with Crippen molar-refractivity contribution in [1.29, 1.82) is 0 Å². The van der Waals surface area contributed by atoms with Crippen molar-refractivity contribution in [3.8, 4) is 0 Å². The molecule has 0 saturated carbocycles. The third-order valence-corrected chi connectivity index (χ3v) is 3.54. The maximum atomic E-state index is 11.6. The van der Waals surface area contributed by atoms with Crippen molar-refractivity contribution in [2.75, 3.05) is 18.0 Å². The van der Waals surface area contributed by atoms with Crippen LogP contribution in [0.1, 0.15) is 28.5 Å². The second-order valence-corrected chi connectivity index (χ2v) is 5.19. The summed E-state index contributed by atoms with van der Waals surface area (Å²) in [6, 6.07) is 2.00. The van der Waals surface area contributed by atoms with Crippen molar-refractivity contribution >= 4 is 11.7 Å². The van der Waals surface area contributed by atoms with Gasteiger partial charge in [0.1, 0.15) is 5.82 Å². The van der Waals surface area contributed by atoms with E-state index in [0.29, 0.717) is 17.3 Å². The van der Waals surface area contributed by atoms with Crippen molar-refractivity contribution in [2.24, 2.45) is 17.4 Å². The number of hydrogen-bond acceptors (Lipinski definition) is 4. The van der Waals surface area contributed by atoms with Crippen LogP contribution in [0.25, 0.3) is 0 Å². The molecule has 98 valence electrons. The van der Waals surface area contributed by atoms with E-state index < -0.39 is 5.91 Å². The SMILES string of the molecule is Cc1cc(C)c(C(N)=O)c(N2CC(C)C(N)C2)n1. The van der Waals surface area contributed by atoms with Gasteiger partial charge in [0.05, 0.1) is 5.56 Å². The molecule has 0 aliphatic carbocycles. The molecule has 0 aromatic carbocycles. The number of primary amides is 1. The number of pyridine rings is 1. The summed E-state index contributed by atoms with van der Waals surface area (Å²) >= 11 is 0. The Kier molecular flexibility index (Phi) is 3.26. The minimum atomic E-state index is -0.428. The molecule has 1 aromatic heterocycles. The number of aryl methyl sites for hydroxylation is 2. The number of amides is 1. The van der Waals surface area contributed by atoms with Crippen molar-refractivity contribution in [2.45, 2.75) is 26.8 Å². The predicted molar refractivity (Wildman–Crippen MR) is 71.6 cm³/mol. The zero-order valence-corrected chi connectivity index (χ0v) is 11.1.